The Labute approximate surface area is 153 Å². The molecule has 0 aromatic heterocycles. The van der Waals surface area contributed by atoms with E-state index in [1.807, 2.05) is 13.8 Å². The first-order valence-corrected chi connectivity index (χ1v) is 9.84. The van der Waals surface area contributed by atoms with Crippen LogP contribution in [0.25, 0.3) is 0 Å². The molecule has 4 nitrogen and oxygen atoms in total. The molecule has 0 bridgehead atoms. The van der Waals surface area contributed by atoms with Crippen LogP contribution >= 0.6 is 0 Å². The van der Waals surface area contributed by atoms with Crippen LogP contribution in [0.3, 0.4) is 0 Å². The molecule has 1 heterocycles. The topological polar surface area (TPSA) is 36.9 Å². The zero-order valence-corrected chi connectivity index (χ0v) is 16.7. The molecule has 2 atom stereocenters. The highest BCUT2D eigenvalue weighted by atomic mass is 16.7. The number of allylic oxidation sites excluding steroid dienone is 2. The highest BCUT2D eigenvalue weighted by Crippen LogP contribution is 2.37. The zero-order valence-electron chi connectivity index (χ0n) is 16.7. The minimum absolute atomic E-state index is 0.148. The molecular formula is C21H36O4. The maximum Gasteiger partial charge on any atom is 0.163 e. The fraction of sp³-hybridized carbons (Fsp3) is 0.810. The summed E-state index contributed by atoms with van der Waals surface area (Å²) in [4.78, 5) is 0. The molecule has 2 rings (SSSR count). The maximum absolute atomic E-state index is 6.20. The Kier molecular flexibility index (Phi) is 7.82. The molecule has 1 fully saturated rings. The standard InChI is InChI=1S/C21H36O4/c1-6-7-8-9-11-19-20(25-21(2,3)24-19)15-14-16-17(22-4)12-10-13-18(16)23-5/h12-13,16,19-20H,6-11,14-15H2,1-5H3/t19-,20-/m0/s1. The average molecular weight is 353 g/mol. The van der Waals surface area contributed by atoms with E-state index in [4.69, 9.17) is 18.9 Å². The van der Waals surface area contributed by atoms with Crippen molar-refractivity contribution in [2.24, 2.45) is 5.92 Å². The van der Waals surface area contributed by atoms with E-state index in [2.05, 4.69) is 19.1 Å². The normalized spacial score (nSPS) is 26.3. The van der Waals surface area contributed by atoms with Crippen LogP contribution in [0.4, 0.5) is 0 Å². The average Bonchev–Trinajstić information content (AvgIpc) is 2.90. The number of ether oxygens (including phenoxy) is 4. The molecule has 1 aliphatic carbocycles. The van der Waals surface area contributed by atoms with Crippen molar-refractivity contribution in [2.45, 2.75) is 90.1 Å². The number of hydrogen-bond acceptors (Lipinski definition) is 4. The number of methoxy groups -OCH3 is 2. The van der Waals surface area contributed by atoms with Crippen molar-refractivity contribution in [1.29, 1.82) is 0 Å². The molecule has 4 heteroatoms. The molecule has 0 amide bonds. The first-order valence-electron chi connectivity index (χ1n) is 9.84. The molecule has 0 aromatic carbocycles. The van der Waals surface area contributed by atoms with Gasteiger partial charge in [-0.1, -0.05) is 32.6 Å². The lowest BCUT2D eigenvalue weighted by Crippen LogP contribution is -2.25. The van der Waals surface area contributed by atoms with Crippen LogP contribution in [0.5, 0.6) is 0 Å². The first kappa shape index (κ1) is 20.3. The molecule has 144 valence electrons. The smallest absolute Gasteiger partial charge is 0.163 e. The molecule has 0 radical (unpaired) electrons. The van der Waals surface area contributed by atoms with Gasteiger partial charge in [-0.05, 0) is 51.7 Å². The third-order valence-corrected chi connectivity index (χ3v) is 5.16. The third-order valence-electron chi connectivity index (χ3n) is 5.16. The van der Waals surface area contributed by atoms with Crippen molar-refractivity contribution in [3.05, 3.63) is 23.7 Å². The number of hydrogen-bond donors (Lipinski definition) is 0. The minimum atomic E-state index is -0.480. The lowest BCUT2D eigenvalue weighted by Gasteiger charge is -2.26. The minimum Gasteiger partial charge on any atom is -0.501 e. The van der Waals surface area contributed by atoms with E-state index in [1.165, 1.54) is 25.7 Å². The summed E-state index contributed by atoms with van der Waals surface area (Å²) in [6.07, 6.45) is 13.5. The molecule has 0 saturated carbocycles. The summed E-state index contributed by atoms with van der Waals surface area (Å²) in [7, 11) is 3.48. The quantitative estimate of drug-likeness (QED) is 0.497. The van der Waals surface area contributed by atoms with E-state index in [1.54, 1.807) is 14.2 Å². The van der Waals surface area contributed by atoms with Gasteiger partial charge in [0.1, 0.15) is 11.5 Å². The number of rotatable bonds is 10. The van der Waals surface area contributed by atoms with Crippen molar-refractivity contribution in [3.63, 3.8) is 0 Å². The van der Waals surface area contributed by atoms with Crippen molar-refractivity contribution < 1.29 is 18.9 Å². The summed E-state index contributed by atoms with van der Waals surface area (Å²) < 4.78 is 23.5. The van der Waals surface area contributed by atoms with Crippen LogP contribution in [0.2, 0.25) is 0 Å². The van der Waals surface area contributed by atoms with Gasteiger partial charge in [-0.15, -0.1) is 0 Å². The predicted octanol–water partition coefficient (Wildman–Crippen LogP) is 5.34. The van der Waals surface area contributed by atoms with Crippen LogP contribution in [0.15, 0.2) is 23.7 Å². The van der Waals surface area contributed by atoms with Gasteiger partial charge in [0.25, 0.3) is 0 Å². The van der Waals surface area contributed by atoms with E-state index >= 15 is 0 Å². The summed E-state index contributed by atoms with van der Waals surface area (Å²) in [5.41, 5.74) is 0. The van der Waals surface area contributed by atoms with Crippen molar-refractivity contribution in [3.8, 4) is 0 Å². The van der Waals surface area contributed by atoms with Gasteiger partial charge < -0.3 is 18.9 Å². The van der Waals surface area contributed by atoms with E-state index in [9.17, 15) is 0 Å². The molecule has 0 unspecified atom stereocenters. The van der Waals surface area contributed by atoms with Crippen molar-refractivity contribution in [1.82, 2.24) is 0 Å². The van der Waals surface area contributed by atoms with Gasteiger partial charge in [0.15, 0.2) is 5.79 Å². The van der Waals surface area contributed by atoms with Crippen LogP contribution in [0.1, 0.15) is 72.1 Å². The molecule has 0 aromatic rings. The van der Waals surface area contributed by atoms with E-state index in [0.717, 1.165) is 37.2 Å². The van der Waals surface area contributed by atoms with Crippen molar-refractivity contribution >= 4 is 0 Å². The highest BCUT2D eigenvalue weighted by molar-refractivity contribution is 5.20. The van der Waals surface area contributed by atoms with Gasteiger partial charge in [-0.2, -0.15) is 0 Å². The monoisotopic (exact) mass is 352 g/mol. The molecular weight excluding hydrogens is 316 g/mol. The molecule has 0 N–H and O–H groups in total. The molecule has 1 aliphatic heterocycles. The summed E-state index contributed by atoms with van der Waals surface area (Å²) in [5.74, 6) is 1.73. The highest BCUT2D eigenvalue weighted by Gasteiger charge is 2.41. The summed E-state index contributed by atoms with van der Waals surface area (Å²) in [6, 6.07) is 0. The molecule has 1 saturated heterocycles. The second-order valence-electron chi connectivity index (χ2n) is 7.55. The molecule has 25 heavy (non-hydrogen) atoms. The van der Waals surface area contributed by atoms with Crippen LogP contribution in [-0.2, 0) is 18.9 Å². The lowest BCUT2D eigenvalue weighted by atomic mass is 9.90. The van der Waals surface area contributed by atoms with Crippen LogP contribution in [0, 0.1) is 5.92 Å². The molecule has 2 aliphatic rings. The molecule has 0 spiro atoms. The maximum atomic E-state index is 6.20. The van der Waals surface area contributed by atoms with Gasteiger partial charge in [0.05, 0.1) is 32.3 Å². The Morgan fingerprint density at radius 2 is 1.52 bits per heavy atom. The second kappa shape index (κ2) is 9.63. The summed E-state index contributed by atoms with van der Waals surface area (Å²) in [5, 5.41) is 0. The fourth-order valence-corrected chi connectivity index (χ4v) is 3.95. The van der Waals surface area contributed by atoms with E-state index in [-0.39, 0.29) is 18.1 Å². The SMILES string of the molecule is CCCCCC[C@@H]1OC(C)(C)O[C@H]1CCC1C(OC)=CCC=C1OC. The number of unbranched alkanes of at least 4 members (excludes halogenated alkanes) is 3. The largest absolute Gasteiger partial charge is 0.501 e. The Hall–Kier alpha value is -1.00. The predicted molar refractivity (Wildman–Crippen MR) is 100 cm³/mol. The summed E-state index contributed by atoms with van der Waals surface area (Å²) in [6.45, 7) is 6.29. The Morgan fingerprint density at radius 3 is 2.08 bits per heavy atom. The van der Waals surface area contributed by atoms with Crippen LogP contribution < -0.4 is 0 Å². The van der Waals surface area contributed by atoms with Crippen LogP contribution in [-0.4, -0.2) is 32.2 Å². The second-order valence-corrected chi connectivity index (χ2v) is 7.55. The Morgan fingerprint density at radius 1 is 0.920 bits per heavy atom. The van der Waals surface area contributed by atoms with Gasteiger partial charge >= 0.3 is 0 Å². The zero-order chi connectivity index (χ0) is 18.3. The van der Waals surface area contributed by atoms with E-state index in [0.29, 0.717) is 0 Å². The van der Waals surface area contributed by atoms with Gasteiger partial charge in [-0.3, -0.25) is 0 Å². The van der Waals surface area contributed by atoms with Gasteiger partial charge in [0.2, 0.25) is 0 Å². The van der Waals surface area contributed by atoms with Gasteiger partial charge in [0, 0.05) is 0 Å². The fourth-order valence-electron chi connectivity index (χ4n) is 3.95. The Bertz CT molecular complexity index is 447. The lowest BCUT2D eigenvalue weighted by molar-refractivity contribution is -0.147. The van der Waals surface area contributed by atoms with Crippen molar-refractivity contribution in [2.75, 3.05) is 14.2 Å². The Balaban J connectivity index is 1.92. The first-order chi connectivity index (χ1) is 12.0. The van der Waals surface area contributed by atoms with E-state index < -0.39 is 5.79 Å². The summed E-state index contributed by atoms with van der Waals surface area (Å²) >= 11 is 0. The third kappa shape index (κ3) is 5.75. The van der Waals surface area contributed by atoms with Gasteiger partial charge in [-0.25, -0.2) is 0 Å².